The van der Waals surface area contributed by atoms with Crippen molar-refractivity contribution in [2.45, 2.75) is 59.7 Å². The second-order valence-electron chi connectivity index (χ2n) is 7.14. The summed E-state index contributed by atoms with van der Waals surface area (Å²) in [6.45, 7) is 17.2. The molecular formula is C17H31O4PSi. The van der Waals surface area contributed by atoms with Crippen molar-refractivity contribution in [1.29, 1.82) is 0 Å². The fraction of sp³-hybridized carbons (Fsp3) is 0.647. The number of rotatable bonds is 7. The van der Waals surface area contributed by atoms with Gasteiger partial charge in [-0.3, -0.25) is 4.57 Å². The van der Waals surface area contributed by atoms with E-state index in [1.807, 2.05) is 39.0 Å². The molecule has 0 heterocycles. The van der Waals surface area contributed by atoms with E-state index in [-0.39, 0.29) is 5.04 Å². The third-order valence-corrected chi connectivity index (χ3v) is 10.9. The molecule has 0 bridgehead atoms. The molecule has 4 nitrogen and oxygen atoms in total. The molecule has 0 fully saturated rings. The second kappa shape index (κ2) is 7.52. The molecule has 0 unspecified atom stereocenters. The van der Waals surface area contributed by atoms with E-state index in [9.17, 15) is 4.57 Å². The van der Waals surface area contributed by atoms with Crippen LogP contribution >= 0.6 is 7.60 Å². The topological polar surface area (TPSA) is 44.8 Å². The van der Waals surface area contributed by atoms with E-state index in [1.165, 1.54) is 0 Å². The molecule has 6 heteroatoms. The van der Waals surface area contributed by atoms with Crippen molar-refractivity contribution in [3.05, 3.63) is 23.8 Å². The van der Waals surface area contributed by atoms with Crippen LogP contribution in [0.1, 0.15) is 40.2 Å². The van der Waals surface area contributed by atoms with Crippen LogP contribution < -0.4 is 9.73 Å². The summed E-state index contributed by atoms with van der Waals surface area (Å²) in [5, 5.41) is 0.694. The van der Waals surface area contributed by atoms with Crippen molar-refractivity contribution in [1.82, 2.24) is 0 Å². The maximum Gasteiger partial charge on any atom is 0.361 e. The molecule has 132 valence electrons. The van der Waals surface area contributed by atoms with Gasteiger partial charge >= 0.3 is 7.60 Å². The minimum Gasteiger partial charge on any atom is -0.543 e. The van der Waals surface area contributed by atoms with Crippen LogP contribution in [0.25, 0.3) is 0 Å². The molecule has 0 spiro atoms. The lowest BCUT2D eigenvalue weighted by Crippen LogP contribution is -2.44. The highest BCUT2D eigenvalue weighted by Gasteiger charge is 2.39. The molecule has 0 saturated carbocycles. The second-order valence-corrected chi connectivity index (χ2v) is 13.9. The summed E-state index contributed by atoms with van der Waals surface area (Å²) in [4.78, 5) is 0. The molecule has 0 aliphatic heterocycles. The van der Waals surface area contributed by atoms with Crippen molar-refractivity contribution in [3.63, 3.8) is 0 Å². The number of hydrogen-bond acceptors (Lipinski definition) is 4. The lowest BCUT2D eigenvalue weighted by Gasteiger charge is -2.36. The van der Waals surface area contributed by atoms with Crippen molar-refractivity contribution < 1.29 is 18.0 Å². The van der Waals surface area contributed by atoms with Gasteiger partial charge in [-0.05, 0) is 56.6 Å². The normalized spacial score (nSPS) is 13.2. The first kappa shape index (κ1) is 20.4. The van der Waals surface area contributed by atoms with Gasteiger partial charge in [-0.2, -0.15) is 0 Å². The fourth-order valence-corrected chi connectivity index (χ4v) is 4.76. The summed E-state index contributed by atoms with van der Waals surface area (Å²) in [7, 11) is -5.26. The van der Waals surface area contributed by atoms with Crippen molar-refractivity contribution in [3.8, 4) is 5.75 Å². The first-order valence-electron chi connectivity index (χ1n) is 8.16. The Hall–Kier alpha value is -0.613. The highest BCUT2D eigenvalue weighted by Crippen LogP contribution is 2.48. The molecule has 0 aliphatic rings. The van der Waals surface area contributed by atoms with Crippen LogP contribution in [-0.2, 0) is 13.6 Å². The zero-order valence-electron chi connectivity index (χ0n) is 15.7. The third kappa shape index (κ3) is 4.93. The highest BCUT2D eigenvalue weighted by atomic mass is 31.2. The number of benzene rings is 1. The van der Waals surface area contributed by atoms with Crippen LogP contribution in [0.3, 0.4) is 0 Å². The van der Waals surface area contributed by atoms with Crippen LogP contribution in [-0.4, -0.2) is 21.5 Å². The Morgan fingerprint density at radius 3 is 2.04 bits per heavy atom. The zero-order chi connectivity index (χ0) is 17.9. The summed E-state index contributed by atoms with van der Waals surface area (Å²) >= 11 is 0. The predicted octanol–water partition coefficient (Wildman–Crippen LogP) is 5.27. The van der Waals surface area contributed by atoms with Crippen LogP contribution in [0, 0.1) is 6.92 Å². The van der Waals surface area contributed by atoms with Crippen LogP contribution in [0.4, 0.5) is 0 Å². The Balaban J connectivity index is 3.25. The van der Waals surface area contributed by atoms with Gasteiger partial charge in [0.15, 0.2) is 0 Å². The molecule has 1 rings (SSSR count). The van der Waals surface area contributed by atoms with Crippen molar-refractivity contribution in [2.24, 2.45) is 0 Å². The average molecular weight is 358 g/mol. The van der Waals surface area contributed by atoms with E-state index >= 15 is 0 Å². The lowest BCUT2D eigenvalue weighted by atomic mass is 10.2. The van der Waals surface area contributed by atoms with E-state index < -0.39 is 15.9 Å². The largest absolute Gasteiger partial charge is 0.543 e. The minimum absolute atomic E-state index is 0.0988. The molecule has 0 aromatic heterocycles. The zero-order valence-corrected chi connectivity index (χ0v) is 17.6. The molecule has 0 aliphatic carbocycles. The highest BCUT2D eigenvalue weighted by molar-refractivity contribution is 7.62. The summed E-state index contributed by atoms with van der Waals surface area (Å²) in [6, 6.07) is 5.67. The van der Waals surface area contributed by atoms with Crippen LogP contribution in [0.2, 0.25) is 18.1 Å². The summed E-state index contributed by atoms with van der Waals surface area (Å²) in [5.41, 5.74) is 0.887. The fourth-order valence-electron chi connectivity index (χ4n) is 1.91. The molecule has 1 aromatic rings. The first-order valence-corrected chi connectivity index (χ1v) is 12.6. The minimum atomic E-state index is -3.31. The van der Waals surface area contributed by atoms with Gasteiger partial charge in [0.05, 0.1) is 18.5 Å². The van der Waals surface area contributed by atoms with Gasteiger partial charge in [0.2, 0.25) is 8.32 Å². The maximum atomic E-state index is 13.1. The van der Waals surface area contributed by atoms with Crippen LogP contribution in [0.5, 0.6) is 5.75 Å². The Morgan fingerprint density at radius 2 is 1.61 bits per heavy atom. The molecular weight excluding hydrogens is 327 g/mol. The van der Waals surface area contributed by atoms with Gasteiger partial charge in [0.1, 0.15) is 5.75 Å². The van der Waals surface area contributed by atoms with Gasteiger partial charge in [0, 0.05) is 0 Å². The Labute approximate surface area is 142 Å². The summed E-state index contributed by atoms with van der Waals surface area (Å²) in [6.07, 6.45) is 0. The molecule has 23 heavy (non-hydrogen) atoms. The monoisotopic (exact) mass is 358 g/mol. The standard InChI is InChI=1S/C17H31O4PSi/c1-9-19-22(18,20-10-2)16-13-15(12-11-14(16)3)21-23(7,8)17(4,5)6/h11-13H,9-10H2,1-8H3. The van der Waals surface area contributed by atoms with Gasteiger partial charge < -0.3 is 13.5 Å². The Morgan fingerprint density at radius 1 is 1.09 bits per heavy atom. The molecule has 0 N–H and O–H groups in total. The van der Waals surface area contributed by atoms with Gasteiger partial charge in [-0.25, -0.2) is 0 Å². The van der Waals surface area contributed by atoms with Crippen LogP contribution in [0.15, 0.2) is 18.2 Å². The quantitative estimate of drug-likeness (QED) is 0.492. The van der Waals surface area contributed by atoms with E-state index in [1.54, 1.807) is 0 Å². The van der Waals surface area contributed by atoms with Gasteiger partial charge in [-0.1, -0.05) is 26.8 Å². The maximum absolute atomic E-state index is 13.1. The SMILES string of the molecule is CCOP(=O)(OCC)c1cc(O[Si](C)(C)C(C)(C)C)ccc1C. The molecule has 0 amide bonds. The Kier molecular flexibility index (Phi) is 6.68. The van der Waals surface area contributed by atoms with Gasteiger partial charge in [0.25, 0.3) is 0 Å². The predicted molar refractivity (Wildman–Crippen MR) is 99.5 cm³/mol. The van der Waals surface area contributed by atoms with E-state index in [4.69, 9.17) is 13.5 Å². The lowest BCUT2D eigenvalue weighted by molar-refractivity contribution is 0.229. The number of aryl methyl sites for hydroxylation is 1. The number of hydrogen-bond donors (Lipinski definition) is 0. The smallest absolute Gasteiger partial charge is 0.361 e. The summed E-state index contributed by atoms with van der Waals surface area (Å²) < 4.78 is 30.3. The Bertz CT molecular complexity index is 568. The molecule has 0 saturated heterocycles. The van der Waals surface area contributed by atoms with Crippen molar-refractivity contribution >= 4 is 21.2 Å². The van der Waals surface area contributed by atoms with E-state index in [0.717, 1.165) is 11.3 Å². The van der Waals surface area contributed by atoms with E-state index in [0.29, 0.717) is 18.5 Å². The summed E-state index contributed by atoms with van der Waals surface area (Å²) in [5.74, 6) is 0.733. The molecule has 1 aromatic carbocycles. The van der Waals surface area contributed by atoms with Crippen molar-refractivity contribution in [2.75, 3.05) is 13.2 Å². The molecule has 0 atom stereocenters. The average Bonchev–Trinajstić information content (AvgIpc) is 2.40. The third-order valence-electron chi connectivity index (χ3n) is 4.25. The first-order chi connectivity index (χ1) is 10.5. The molecule has 0 radical (unpaired) electrons. The van der Waals surface area contributed by atoms with E-state index in [2.05, 4.69) is 33.9 Å². The van der Waals surface area contributed by atoms with Gasteiger partial charge in [-0.15, -0.1) is 0 Å².